The van der Waals surface area contributed by atoms with Crippen LogP contribution in [0.4, 0.5) is 0 Å². The molecule has 0 rings (SSSR count). The molecular formula is C6H15Y. The maximum absolute atomic E-state index is 2.08. The first-order valence-corrected chi connectivity index (χ1v) is 1.50. The van der Waals surface area contributed by atoms with Gasteiger partial charge in [0.15, 0.2) is 0 Å². The molecule has 0 aliphatic rings. The molecule has 0 N–H and O–H groups in total. The van der Waals surface area contributed by atoms with E-state index in [1.807, 2.05) is 0 Å². The topological polar surface area (TPSA) is 0 Å². The second kappa shape index (κ2) is 15.7. The van der Waals surface area contributed by atoms with Crippen molar-refractivity contribution < 1.29 is 32.7 Å². The Hall–Kier alpha value is 1.10. The Morgan fingerprint density at radius 3 is 0.857 bits per heavy atom. The fourth-order valence-electron chi connectivity index (χ4n) is 0. The maximum Gasteiger partial charge on any atom is 3.00 e. The Morgan fingerprint density at radius 1 is 0.857 bits per heavy atom. The van der Waals surface area contributed by atoms with Crippen LogP contribution in [-0.2, 0) is 32.7 Å². The summed E-state index contributed by atoms with van der Waals surface area (Å²) in [4.78, 5) is 0. The van der Waals surface area contributed by atoms with Gasteiger partial charge < -0.3 is 20.8 Å². The average Bonchev–Trinajstić information content (AvgIpc) is 0.811. The number of hydrogen-bond donors (Lipinski definition) is 0. The zero-order chi connectivity index (χ0) is 3.58. The van der Waals surface area contributed by atoms with Crippen molar-refractivity contribution in [3.05, 3.63) is 20.8 Å². The molecule has 0 nitrogen and oxygen atoms in total. The van der Waals surface area contributed by atoms with Crippen LogP contribution in [0.3, 0.4) is 0 Å². The Balaban J connectivity index is -0.0000000150. The quantitative estimate of drug-likeness (QED) is 0.497. The third kappa shape index (κ3) is 152. The van der Waals surface area contributed by atoms with Gasteiger partial charge in [0.2, 0.25) is 0 Å². The van der Waals surface area contributed by atoms with E-state index in [1.165, 1.54) is 5.92 Å². The zero-order valence-corrected chi connectivity index (χ0v) is 8.92. The summed E-state index contributed by atoms with van der Waals surface area (Å²) in [7, 11) is 0. The van der Waals surface area contributed by atoms with Gasteiger partial charge in [0.1, 0.15) is 0 Å². The molecule has 0 heterocycles. The van der Waals surface area contributed by atoms with E-state index in [0.29, 0.717) is 0 Å². The van der Waals surface area contributed by atoms with E-state index in [1.54, 1.807) is 0 Å². The fourth-order valence-corrected chi connectivity index (χ4v) is 0. The van der Waals surface area contributed by atoms with Crippen molar-refractivity contribution in [2.24, 2.45) is 0 Å². The van der Waals surface area contributed by atoms with Crippen molar-refractivity contribution in [2.75, 3.05) is 0 Å². The Labute approximate surface area is 74.0 Å². The standard InChI is InChI=1S/C4H9.2CH3.Y/c1-4(2)3;;;/h1-3H3;2*1H3;/q3*-1;+3. The molecule has 42 valence electrons. The first-order chi connectivity index (χ1) is 1.73. The van der Waals surface area contributed by atoms with Gasteiger partial charge in [-0.1, -0.05) is 0 Å². The molecule has 0 amide bonds. The van der Waals surface area contributed by atoms with E-state index in [-0.39, 0.29) is 47.6 Å². The summed E-state index contributed by atoms with van der Waals surface area (Å²) < 4.78 is 0. The molecule has 0 aromatic rings. The van der Waals surface area contributed by atoms with Crippen molar-refractivity contribution >= 4 is 0 Å². The van der Waals surface area contributed by atoms with Crippen molar-refractivity contribution in [1.29, 1.82) is 0 Å². The molecule has 0 bridgehead atoms. The molecule has 0 aromatic carbocycles. The molecule has 0 saturated carbocycles. The van der Waals surface area contributed by atoms with E-state index in [4.69, 9.17) is 0 Å². The first-order valence-electron chi connectivity index (χ1n) is 1.50. The van der Waals surface area contributed by atoms with Crippen LogP contribution < -0.4 is 0 Å². The van der Waals surface area contributed by atoms with Crippen LogP contribution in [0.25, 0.3) is 0 Å². The molecule has 1 heteroatoms. The molecule has 0 aliphatic carbocycles. The maximum atomic E-state index is 2.08. The third-order valence-electron chi connectivity index (χ3n) is 0. The molecule has 0 saturated heterocycles. The molecule has 7 heavy (non-hydrogen) atoms. The van der Waals surface area contributed by atoms with Crippen LogP contribution >= 0.6 is 0 Å². The van der Waals surface area contributed by atoms with Crippen LogP contribution in [-0.4, -0.2) is 0 Å². The minimum atomic E-state index is 0. The summed E-state index contributed by atoms with van der Waals surface area (Å²) in [6, 6.07) is 0. The van der Waals surface area contributed by atoms with Gasteiger partial charge >= 0.3 is 32.7 Å². The molecule has 0 unspecified atom stereocenters. The molecule has 0 aromatic heterocycles. The van der Waals surface area contributed by atoms with Crippen molar-refractivity contribution in [3.63, 3.8) is 0 Å². The predicted octanol–water partition coefficient (Wildman–Crippen LogP) is 2.52. The van der Waals surface area contributed by atoms with Crippen molar-refractivity contribution in [2.45, 2.75) is 20.8 Å². The Bertz CT molecular complexity index is 8.90. The van der Waals surface area contributed by atoms with E-state index in [9.17, 15) is 0 Å². The second-order valence-corrected chi connectivity index (χ2v) is 1.50. The van der Waals surface area contributed by atoms with Gasteiger partial charge in [-0.05, 0) is 0 Å². The van der Waals surface area contributed by atoms with Gasteiger partial charge in [0.05, 0.1) is 0 Å². The summed E-state index contributed by atoms with van der Waals surface area (Å²) >= 11 is 0. The smallest absolute Gasteiger partial charge is 0.358 e. The molecule has 0 fully saturated rings. The van der Waals surface area contributed by atoms with E-state index < -0.39 is 0 Å². The van der Waals surface area contributed by atoms with Crippen molar-refractivity contribution in [1.82, 2.24) is 0 Å². The van der Waals surface area contributed by atoms with Gasteiger partial charge in [-0.25, -0.2) is 0 Å². The summed E-state index contributed by atoms with van der Waals surface area (Å²) in [6.07, 6.45) is 0. The van der Waals surface area contributed by atoms with E-state index in [2.05, 4.69) is 20.8 Å². The fraction of sp³-hybridized carbons (Fsp3) is 0.500. The third-order valence-corrected chi connectivity index (χ3v) is 0. The van der Waals surface area contributed by atoms with Crippen LogP contribution in [0.15, 0.2) is 0 Å². The van der Waals surface area contributed by atoms with E-state index >= 15 is 0 Å². The molecule has 0 radical (unpaired) electrons. The normalized spacial score (nSPS) is 5.14. The minimum Gasteiger partial charge on any atom is -0.358 e. The Morgan fingerprint density at radius 2 is 0.857 bits per heavy atom. The van der Waals surface area contributed by atoms with Gasteiger partial charge in [0.25, 0.3) is 0 Å². The largest absolute Gasteiger partial charge is 3.00 e. The minimum absolute atomic E-state index is 0. The monoisotopic (exact) mass is 176 g/mol. The van der Waals surface area contributed by atoms with Crippen LogP contribution in [0.2, 0.25) is 0 Å². The number of rotatable bonds is 0. The van der Waals surface area contributed by atoms with Crippen molar-refractivity contribution in [3.8, 4) is 0 Å². The predicted molar refractivity (Wildman–Crippen MR) is 33.1 cm³/mol. The summed E-state index contributed by atoms with van der Waals surface area (Å²) in [5.74, 6) is 1.42. The van der Waals surface area contributed by atoms with Crippen LogP contribution in [0.5, 0.6) is 0 Å². The molecule has 0 atom stereocenters. The van der Waals surface area contributed by atoms with Gasteiger partial charge in [-0.2, -0.15) is 20.8 Å². The summed E-state index contributed by atoms with van der Waals surface area (Å²) in [5, 5.41) is 0. The van der Waals surface area contributed by atoms with Gasteiger partial charge in [-0.15, -0.1) is 0 Å². The number of hydrogen-bond acceptors (Lipinski definition) is 0. The van der Waals surface area contributed by atoms with Gasteiger partial charge in [-0.3, -0.25) is 0 Å². The molecular weight excluding hydrogens is 161 g/mol. The zero-order valence-electron chi connectivity index (χ0n) is 6.08. The summed E-state index contributed by atoms with van der Waals surface area (Å²) in [5.41, 5.74) is 0. The SMILES string of the molecule is C[C-](C)C.[CH3-].[CH3-].[Y+3]. The Kier molecular flexibility index (Phi) is 54.5. The summed E-state index contributed by atoms with van der Waals surface area (Å²) in [6.45, 7) is 6.25. The average molecular weight is 176 g/mol. The second-order valence-electron chi connectivity index (χ2n) is 1.50. The van der Waals surface area contributed by atoms with Gasteiger partial charge in [0, 0.05) is 0 Å². The molecule has 0 spiro atoms. The van der Waals surface area contributed by atoms with E-state index in [0.717, 1.165) is 0 Å². The van der Waals surface area contributed by atoms with Crippen LogP contribution in [0, 0.1) is 20.8 Å². The van der Waals surface area contributed by atoms with Crippen LogP contribution in [0.1, 0.15) is 20.8 Å². The first kappa shape index (κ1) is 24.3. The molecule has 0 aliphatic heterocycles.